The summed E-state index contributed by atoms with van der Waals surface area (Å²) in [5.74, 6) is -1.50. The number of carbonyl (C=O) groups is 2. The summed E-state index contributed by atoms with van der Waals surface area (Å²) in [6.45, 7) is 0.164. The van der Waals surface area contributed by atoms with Crippen LogP contribution in [0.4, 0.5) is 0 Å². The molecule has 0 spiro atoms. The van der Waals surface area contributed by atoms with E-state index in [-0.39, 0.29) is 6.54 Å². The average Bonchev–Trinajstić information content (AvgIpc) is 1.57. The van der Waals surface area contributed by atoms with Crippen LogP contribution in [0, 0.1) is 0 Å². The lowest BCUT2D eigenvalue weighted by molar-refractivity contribution is -0.140. The number of carbonyl (C=O) groups excluding carboxylic acids is 2. The number of nitrogens with one attached hydrogen (secondary N) is 2. The first-order valence-electron chi connectivity index (χ1n) is 2.69. The fourth-order valence-electron chi connectivity index (χ4n) is 0.684. The maximum absolute atomic E-state index is 10.6. The molecule has 0 saturated carbocycles. The van der Waals surface area contributed by atoms with Crippen molar-refractivity contribution in [2.75, 3.05) is 6.54 Å². The van der Waals surface area contributed by atoms with Gasteiger partial charge in [-0.1, -0.05) is 0 Å². The van der Waals surface area contributed by atoms with Gasteiger partial charge in [0, 0.05) is 6.54 Å². The Morgan fingerprint density at radius 2 is 1.70 bits per heavy atom. The summed E-state index contributed by atoms with van der Waals surface area (Å²) in [4.78, 5) is 21.1. The average molecular weight is 144 g/mol. The Hall–Kier alpha value is -1.14. The van der Waals surface area contributed by atoms with Crippen LogP contribution < -0.4 is 22.3 Å². The van der Waals surface area contributed by atoms with Crippen molar-refractivity contribution >= 4 is 11.8 Å². The zero-order chi connectivity index (χ0) is 7.78. The molecular formula is C4H8N4O2. The van der Waals surface area contributed by atoms with Gasteiger partial charge in [0.1, 0.15) is 0 Å². The van der Waals surface area contributed by atoms with E-state index in [0.717, 1.165) is 0 Å². The Balaban J connectivity index is 2.78. The maximum atomic E-state index is 10.6. The molecule has 56 valence electrons. The van der Waals surface area contributed by atoms with E-state index in [1.54, 1.807) is 0 Å². The van der Waals surface area contributed by atoms with E-state index >= 15 is 0 Å². The highest BCUT2D eigenvalue weighted by Gasteiger charge is 2.48. The molecule has 0 atom stereocenters. The smallest absolute Gasteiger partial charge is 0.250 e. The van der Waals surface area contributed by atoms with Crippen LogP contribution in [0.2, 0.25) is 0 Å². The summed E-state index contributed by atoms with van der Waals surface area (Å²) in [6, 6.07) is 0. The lowest BCUT2D eigenvalue weighted by Crippen LogP contribution is -2.80. The lowest BCUT2D eigenvalue weighted by atomic mass is 9.96. The van der Waals surface area contributed by atoms with Gasteiger partial charge in [0.15, 0.2) is 0 Å². The van der Waals surface area contributed by atoms with Crippen molar-refractivity contribution in [2.45, 2.75) is 5.54 Å². The van der Waals surface area contributed by atoms with E-state index in [1.165, 1.54) is 0 Å². The molecule has 0 radical (unpaired) electrons. The molecule has 0 aromatic carbocycles. The largest absolute Gasteiger partial charge is 0.368 e. The summed E-state index contributed by atoms with van der Waals surface area (Å²) in [7, 11) is 0. The Morgan fingerprint density at radius 3 is 1.70 bits per heavy atom. The van der Waals surface area contributed by atoms with Gasteiger partial charge in [-0.2, -0.15) is 0 Å². The van der Waals surface area contributed by atoms with Gasteiger partial charge in [-0.3, -0.25) is 15.0 Å². The Morgan fingerprint density at radius 1 is 1.30 bits per heavy atom. The molecule has 1 heterocycles. The van der Waals surface area contributed by atoms with Gasteiger partial charge in [-0.05, 0) is 0 Å². The summed E-state index contributed by atoms with van der Waals surface area (Å²) >= 11 is 0. The van der Waals surface area contributed by atoms with E-state index in [4.69, 9.17) is 11.5 Å². The van der Waals surface area contributed by atoms with Gasteiger partial charge in [0.2, 0.25) is 17.4 Å². The molecule has 1 saturated heterocycles. The maximum Gasteiger partial charge on any atom is 0.250 e. The molecule has 6 heteroatoms. The molecular weight excluding hydrogens is 136 g/mol. The molecule has 0 aromatic heterocycles. The Bertz CT molecular complexity index is 170. The second kappa shape index (κ2) is 1.93. The predicted molar refractivity (Wildman–Crippen MR) is 32.3 cm³/mol. The van der Waals surface area contributed by atoms with Gasteiger partial charge >= 0.3 is 0 Å². The minimum atomic E-state index is -1.36. The van der Waals surface area contributed by atoms with Crippen LogP contribution in [0.3, 0.4) is 0 Å². The SMILES string of the molecule is NC(=O)C1(C(N)=O)CNN1. The fraction of sp³-hybridized carbons (Fsp3) is 0.500. The highest BCUT2D eigenvalue weighted by atomic mass is 16.2. The van der Waals surface area contributed by atoms with Crippen molar-refractivity contribution in [3.05, 3.63) is 0 Å². The summed E-state index contributed by atoms with van der Waals surface area (Å²) in [5, 5.41) is 0. The van der Waals surface area contributed by atoms with E-state index in [9.17, 15) is 9.59 Å². The molecule has 0 aliphatic carbocycles. The quantitative estimate of drug-likeness (QED) is 0.306. The zero-order valence-corrected chi connectivity index (χ0v) is 5.18. The molecule has 1 rings (SSSR count). The Kier molecular flexibility index (Phi) is 1.34. The number of hydrogen-bond donors (Lipinski definition) is 4. The topological polar surface area (TPSA) is 110 Å². The van der Waals surface area contributed by atoms with Gasteiger partial charge in [-0.15, -0.1) is 0 Å². The third kappa shape index (κ3) is 0.662. The van der Waals surface area contributed by atoms with Crippen LogP contribution in [-0.4, -0.2) is 23.9 Å². The van der Waals surface area contributed by atoms with Crippen molar-refractivity contribution in [3.63, 3.8) is 0 Å². The van der Waals surface area contributed by atoms with Gasteiger partial charge in [-0.25, -0.2) is 5.43 Å². The minimum absolute atomic E-state index is 0.164. The lowest BCUT2D eigenvalue weighted by Gasteiger charge is -2.37. The van der Waals surface area contributed by atoms with Crippen LogP contribution in [-0.2, 0) is 9.59 Å². The van der Waals surface area contributed by atoms with Gasteiger partial charge in [0.25, 0.3) is 0 Å². The first kappa shape index (κ1) is 6.97. The number of amides is 2. The fourth-order valence-corrected chi connectivity index (χ4v) is 0.684. The monoisotopic (exact) mass is 144 g/mol. The first-order chi connectivity index (χ1) is 4.59. The summed E-state index contributed by atoms with van der Waals surface area (Å²) in [6.07, 6.45) is 0. The molecule has 6 nitrogen and oxygen atoms in total. The number of hydrazine groups is 1. The van der Waals surface area contributed by atoms with Crippen LogP contribution in [0.15, 0.2) is 0 Å². The molecule has 1 fully saturated rings. The second-order valence-electron chi connectivity index (χ2n) is 2.11. The third-order valence-corrected chi connectivity index (χ3v) is 1.50. The number of hydrogen-bond acceptors (Lipinski definition) is 4. The molecule has 0 bridgehead atoms. The highest BCUT2D eigenvalue weighted by Crippen LogP contribution is 2.06. The van der Waals surface area contributed by atoms with Crippen molar-refractivity contribution in [1.29, 1.82) is 0 Å². The summed E-state index contributed by atoms with van der Waals surface area (Å²) in [5.41, 5.74) is 13.3. The first-order valence-corrected chi connectivity index (χ1v) is 2.69. The second-order valence-corrected chi connectivity index (χ2v) is 2.11. The molecule has 6 N–H and O–H groups in total. The molecule has 0 unspecified atom stereocenters. The number of nitrogens with two attached hydrogens (primary N) is 2. The summed E-state index contributed by atoms with van der Waals surface area (Å²) < 4.78 is 0. The minimum Gasteiger partial charge on any atom is -0.368 e. The molecule has 10 heavy (non-hydrogen) atoms. The standard InChI is InChI=1S/C4H8N4O2/c5-2(9)4(3(6)10)1-7-8-4/h7-8H,1H2,(H2,5,9)(H2,6,10). The highest BCUT2D eigenvalue weighted by molar-refractivity contribution is 6.09. The van der Waals surface area contributed by atoms with Gasteiger partial charge in [0.05, 0.1) is 0 Å². The van der Waals surface area contributed by atoms with E-state index in [2.05, 4.69) is 10.9 Å². The van der Waals surface area contributed by atoms with Crippen molar-refractivity contribution < 1.29 is 9.59 Å². The van der Waals surface area contributed by atoms with E-state index < -0.39 is 17.4 Å². The Labute approximate surface area is 56.9 Å². The van der Waals surface area contributed by atoms with Crippen molar-refractivity contribution in [1.82, 2.24) is 10.9 Å². The molecule has 2 amide bonds. The van der Waals surface area contributed by atoms with Crippen LogP contribution in [0.25, 0.3) is 0 Å². The third-order valence-electron chi connectivity index (χ3n) is 1.50. The van der Waals surface area contributed by atoms with Crippen LogP contribution in [0.1, 0.15) is 0 Å². The number of primary amides is 2. The van der Waals surface area contributed by atoms with E-state index in [0.29, 0.717) is 0 Å². The molecule has 1 aliphatic rings. The van der Waals surface area contributed by atoms with Crippen molar-refractivity contribution in [3.8, 4) is 0 Å². The van der Waals surface area contributed by atoms with Crippen LogP contribution >= 0.6 is 0 Å². The van der Waals surface area contributed by atoms with Crippen LogP contribution in [0.5, 0.6) is 0 Å². The van der Waals surface area contributed by atoms with Gasteiger partial charge < -0.3 is 11.5 Å². The normalized spacial score (nSPS) is 21.2. The zero-order valence-electron chi connectivity index (χ0n) is 5.18. The number of rotatable bonds is 2. The van der Waals surface area contributed by atoms with Crippen molar-refractivity contribution in [2.24, 2.45) is 11.5 Å². The predicted octanol–water partition coefficient (Wildman–Crippen LogP) is -3.20. The molecule has 0 aromatic rings. The van der Waals surface area contributed by atoms with E-state index in [1.807, 2.05) is 0 Å². The molecule has 1 aliphatic heterocycles.